The molecule has 0 radical (unpaired) electrons. The standard InChI is InChI=1S/C15H12F2O3/c16-11-5-10(6-12(17)7-11)14(8-15(19)20)9-1-3-13(18)4-2-9/h1-7,14,18H,8H2,(H,19,20). The van der Waals surface area contributed by atoms with Gasteiger partial charge in [0, 0.05) is 12.0 Å². The van der Waals surface area contributed by atoms with E-state index in [1.807, 2.05) is 0 Å². The van der Waals surface area contributed by atoms with Crippen molar-refractivity contribution >= 4 is 5.97 Å². The number of rotatable bonds is 4. The van der Waals surface area contributed by atoms with Crippen molar-refractivity contribution in [3.05, 3.63) is 65.2 Å². The maximum Gasteiger partial charge on any atom is 0.304 e. The molecule has 1 atom stereocenters. The van der Waals surface area contributed by atoms with E-state index in [0.29, 0.717) is 5.56 Å². The summed E-state index contributed by atoms with van der Waals surface area (Å²) in [5.74, 6) is -3.23. The first kappa shape index (κ1) is 14.0. The van der Waals surface area contributed by atoms with Gasteiger partial charge in [-0.3, -0.25) is 4.79 Å². The third-order valence-electron chi connectivity index (χ3n) is 2.96. The summed E-state index contributed by atoms with van der Waals surface area (Å²) in [6, 6.07) is 8.84. The second-order valence-corrected chi connectivity index (χ2v) is 4.44. The van der Waals surface area contributed by atoms with Crippen LogP contribution in [0.3, 0.4) is 0 Å². The molecule has 0 aliphatic carbocycles. The SMILES string of the molecule is O=C(O)CC(c1ccc(O)cc1)c1cc(F)cc(F)c1. The Morgan fingerprint density at radius 3 is 2.05 bits per heavy atom. The lowest BCUT2D eigenvalue weighted by molar-refractivity contribution is -0.137. The molecule has 20 heavy (non-hydrogen) atoms. The van der Waals surface area contributed by atoms with Crippen molar-refractivity contribution in [2.75, 3.05) is 0 Å². The number of hydrogen-bond acceptors (Lipinski definition) is 2. The quantitative estimate of drug-likeness (QED) is 0.902. The molecule has 104 valence electrons. The first-order valence-corrected chi connectivity index (χ1v) is 5.92. The summed E-state index contributed by atoms with van der Waals surface area (Å²) in [7, 11) is 0. The minimum absolute atomic E-state index is 0.0354. The van der Waals surface area contributed by atoms with Gasteiger partial charge in [0.15, 0.2) is 0 Å². The van der Waals surface area contributed by atoms with Crippen LogP contribution in [0.15, 0.2) is 42.5 Å². The molecule has 0 saturated carbocycles. The first-order chi connectivity index (χ1) is 9.45. The monoisotopic (exact) mass is 278 g/mol. The summed E-state index contributed by atoms with van der Waals surface area (Å²) in [4.78, 5) is 11.0. The Bertz CT molecular complexity index is 603. The van der Waals surface area contributed by atoms with Gasteiger partial charge in [-0.1, -0.05) is 12.1 Å². The van der Waals surface area contributed by atoms with Gasteiger partial charge in [-0.2, -0.15) is 0 Å². The number of carbonyl (C=O) groups is 1. The summed E-state index contributed by atoms with van der Waals surface area (Å²) < 4.78 is 26.6. The predicted octanol–water partition coefficient (Wildman–Crippen LogP) is 3.28. The minimum Gasteiger partial charge on any atom is -0.508 e. The summed E-state index contributed by atoms with van der Waals surface area (Å²) in [6.45, 7) is 0. The van der Waals surface area contributed by atoms with Crippen molar-refractivity contribution in [1.82, 2.24) is 0 Å². The van der Waals surface area contributed by atoms with Gasteiger partial charge in [0.25, 0.3) is 0 Å². The molecule has 0 heterocycles. The van der Waals surface area contributed by atoms with Crippen LogP contribution in [-0.2, 0) is 4.79 Å². The molecule has 2 N–H and O–H groups in total. The highest BCUT2D eigenvalue weighted by Gasteiger charge is 2.19. The molecule has 0 aliphatic heterocycles. The smallest absolute Gasteiger partial charge is 0.304 e. The van der Waals surface area contributed by atoms with Crippen LogP contribution in [0.5, 0.6) is 5.75 Å². The maximum absolute atomic E-state index is 13.3. The molecular weight excluding hydrogens is 266 g/mol. The molecule has 3 nitrogen and oxygen atoms in total. The summed E-state index contributed by atoms with van der Waals surface area (Å²) in [5, 5.41) is 18.2. The number of aliphatic carboxylic acids is 1. The lowest BCUT2D eigenvalue weighted by atomic mass is 9.88. The summed E-state index contributed by atoms with van der Waals surface area (Å²) >= 11 is 0. The third-order valence-corrected chi connectivity index (χ3v) is 2.96. The van der Waals surface area contributed by atoms with Gasteiger partial charge < -0.3 is 10.2 Å². The van der Waals surface area contributed by atoms with E-state index in [9.17, 15) is 18.7 Å². The first-order valence-electron chi connectivity index (χ1n) is 5.92. The van der Waals surface area contributed by atoms with Crippen LogP contribution >= 0.6 is 0 Å². The summed E-state index contributed by atoms with van der Waals surface area (Å²) in [6.07, 6.45) is -0.298. The van der Waals surface area contributed by atoms with E-state index in [1.165, 1.54) is 24.3 Å². The normalized spacial score (nSPS) is 12.1. The van der Waals surface area contributed by atoms with Gasteiger partial charge in [-0.25, -0.2) is 8.78 Å². The van der Waals surface area contributed by atoms with Crippen molar-refractivity contribution in [1.29, 1.82) is 0 Å². The van der Waals surface area contributed by atoms with Gasteiger partial charge in [0.05, 0.1) is 6.42 Å². The molecule has 0 fully saturated rings. The van der Waals surface area contributed by atoms with Crippen LogP contribution in [0.1, 0.15) is 23.5 Å². The van der Waals surface area contributed by atoms with Crippen molar-refractivity contribution in [3.63, 3.8) is 0 Å². The van der Waals surface area contributed by atoms with E-state index in [1.54, 1.807) is 0 Å². The van der Waals surface area contributed by atoms with Crippen LogP contribution in [0, 0.1) is 11.6 Å². The minimum atomic E-state index is -1.08. The van der Waals surface area contributed by atoms with Crippen molar-refractivity contribution in [2.45, 2.75) is 12.3 Å². The van der Waals surface area contributed by atoms with E-state index in [2.05, 4.69) is 0 Å². The number of benzene rings is 2. The van der Waals surface area contributed by atoms with Gasteiger partial charge in [0.2, 0.25) is 0 Å². The topological polar surface area (TPSA) is 57.5 Å². The van der Waals surface area contributed by atoms with Crippen molar-refractivity contribution in [3.8, 4) is 5.75 Å². The Balaban J connectivity index is 2.46. The van der Waals surface area contributed by atoms with Crippen molar-refractivity contribution < 1.29 is 23.8 Å². The predicted molar refractivity (Wildman–Crippen MR) is 68.6 cm³/mol. The fourth-order valence-corrected chi connectivity index (χ4v) is 2.09. The van der Waals surface area contributed by atoms with E-state index < -0.39 is 23.5 Å². The van der Waals surface area contributed by atoms with Crippen molar-refractivity contribution in [2.24, 2.45) is 0 Å². The molecule has 2 rings (SSSR count). The summed E-state index contributed by atoms with van der Waals surface area (Å²) in [5.41, 5.74) is 0.811. The number of phenolic OH excluding ortho intramolecular Hbond substituents is 1. The Morgan fingerprint density at radius 2 is 1.55 bits per heavy atom. The number of carboxylic acid groups (broad SMARTS) is 1. The highest BCUT2D eigenvalue weighted by molar-refractivity contribution is 5.69. The van der Waals surface area contributed by atoms with Crippen LogP contribution in [0.25, 0.3) is 0 Å². The molecule has 5 heteroatoms. The highest BCUT2D eigenvalue weighted by atomic mass is 19.1. The van der Waals surface area contributed by atoms with Gasteiger partial charge in [-0.05, 0) is 35.4 Å². The number of phenols is 1. The Hall–Kier alpha value is -2.43. The molecule has 0 spiro atoms. The number of carboxylic acids is 1. The maximum atomic E-state index is 13.3. The fourth-order valence-electron chi connectivity index (χ4n) is 2.09. The zero-order chi connectivity index (χ0) is 14.7. The van der Waals surface area contributed by atoms with Crippen LogP contribution in [-0.4, -0.2) is 16.2 Å². The number of aromatic hydroxyl groups is 1. The number of hydrogen-bond donors (Lipinski definition) is 2. The van der Waals surface area contributed by atoms with Crippen LogP contribution in [0.4, 0.5) is 8.78 Å². The average molecular weight is 278 g/mol. The molecule has 0 amide bonds. The average Bonchev–Trinajstić information content (AvgIpc) is 2.35. The van der Waals surface area contributed by atoms with Crippen LogP contribution in [0.2, 0.25) is 0 Å². The van der Waals surface area contributed by atoms with E-state index >= 15 is 0 Å². The molecule has 0 aromatic heterocycles. The molecule has 2 aromatic carbocycles. The van der Waals surface area contributed by atoms with E-state index in [4.69, 9.17) is 5.11 Å². The molecule has 2 aromatic rings. The lowest BCUT2D eigenvalue weighted by Gasteiger charge is -2.16. The van der Waals surface area contributed by atoms with Gasteiger partial charge in [0.1, 0.15) is 17.4 Å². The Kier molecular flexibility index (Phi) is 3.98. The molecule has 0 bridgehead atoms. The van der Waals surface area contributed by atoms with Crippen LogP contribution < -0.4 is 0 Å². The molecule has 0 aliphatic rings. The second kappa shape index (κ2) is 5.69. The lowest BCUT2D eigenvalue weighted by Crippen LogP contribution is -2.08. The second-order valence-electron chi connectivity index (χ2n) is 4.44. The fraction of sp³-hybridized carbons (Fsp3) is 0.133. The van der Waals surface area contributed by atoms with Gasteiger partial charge >= 0.3 is 5.97 Å². The molecular formula is C15H12F2O3. The molecule has 1 unspecified atom stereocenters. The van der Waals surface area contributed by atoms with E-state index in [-0.39, 0.29) is 17.7 Å². The van der Waals surface area contributed by atoms with Gasteiger partial charge in [-0.15, -0.1) is 0 Å². The Morgan fingerprint density at radius 1 is 1.00 bits per heavy atom. The molecule has 0 saturated heterocycles. The van der Waals surface area contributed by atoms with E-state index in [0.717, 1.165) is 18.2 Å². The third kappa shape index (κ3) is 3.32. The number of halogens is 2. The Labute approximate surface area is 114 Å². The zero-order valence-electron chi connectivity index (χ0n) is 10.4. The highest BCUT2D eigenvalue weighted by Crippen LogP contribution is 2.30. The zero-order valence-corrected chi connectivity index (χ0v) is 10.4. The largest absolute Gasteiger partial charge is 0.508 e.